The van der Waals surface area contributed by atoms with Gasteiger partial charge in [-0.25, -0.2) is 0 Å². The van der Waals surface area contributed by atoms with Crippen LogP contribution in [-0.2, 0) is 10.2 Å². The highest BCUT2D eigenvalue weighted by Crippen LogP contribution is 1.96. The first-order valence-corrected chi connectivity index (χ1v) is 4.60. The van der Waals surface area contributed by atoms with E-state index in [1.54, 1.807) is 0 Å². The highest BCUT2D eigenvalue weighted by Gasteiger charge is 2.24. The van der Waals surface area contributed by atoms with Crippen molar-refractivity contribution in [2.24, 2.45) is 0 Å². The Morgan fingerprint density at radius 1 is 1.09 bits per heavy atom. The van der Waals surface area contributed by atoms with Gasteiger partial charge in [0, 0.05) is 13.1 Å². The molecule has 1 rings (SSSR count). The summed E-state index contributed by atoms with van der Waals surface area (Å²) in [5.74, 6) is 0. The average molecular weight is 182 g/mol. The molecule has 0 bridgehead atoms. The monoisotopic (exact) mass is 182 g/mol. The smallest absolute Gasteiger partial charge is 0.277 e. The Kier molecular flexibility index (Phi) is 2.45. The van der Waals surface area contributed by atoms with Gasteiger partial charge in [-0.05, 0) is 0 Å². The summed E-state index contributed by atoms with van der Waals surface area (Å²) in [6.45, 7) is -0.312. The minimum absolute atomic E-state index is 0.156. The van der Waals surface area contributed by atoms with Crippen LogP contribution >= 0.6 is 0 Å². The Morgan fingerprint density at radius 2 is 1.45 bits per heavy atom. The van der Waals surface area contributed by atoms with Gasteiger partial charge in [-0.1, -0.05) is 0 Å². The summed E-state index contributed by atoms with van der Waals surface area (Å²) in [6, 6.07) is 0. The van der Waals surface area contributed by atoms with Crippen molar-refractivity contribution in [1.29, 1.82) is 0 Å². The maximum Gasteiger partial charge on any atom is 0.277 e. The molecule has 11 heavy (non-hydrogen) atoms. The van der Waals surface area contributed by atoms with E-state index in [2.05, 4.69) is 9.44 Å². The van der Waals surface area contributed by atoms with E-state index in [1.165, 1.54) is 0 Å². The van der Waals surface area contributed by atoms with Crippen LogP contribution < -0.4 is 9.44 Å². The fourth-order valence-corrected chi connectivity index (χ4v) is 1.60. The van der Waals surface area contributed by atoms with E-state index >= 15 is 0 Å². The summed E-state index contributed by atoms with van der Waals surface area (Å²) in [5.41, 5.74) is 0. The molecule has 0 aromatic carbocycles. The standard InChI is InChI=1S/C4H10N2O4S/c7-3-1-5-11(9,10)6-2-4(3)8/h3-8H,1-2H2. The number of aliphatic hydroxyl groups excluding tert-OH is 2. The van der Waals surface area contributed by atoms with Crippen molar-refractivity contribution < 1.29 is 18.6 Å². The normalized spacial score (nSPS) is 38.0. The minimum atomic E-state index is -3.51. The molecule has 2 unspecified atom stereocenters. The molecule has 1 aliphatic rings. The number of aliphatic hydroxyl groups is 2. The van der Waals surface area contributed by atoms with Crippen molar-refractivity contribution in [3.63, 3.8) is 0 Å². The van der Waals surface area contributed by atoms with Crippen LogP contribution in [0.2, 0.25) is 0 Å². The van der Waals surface area contributed by atoms with Crippen LogP contribution in [0.3, 0.4) is 0 Å². The Balaban J connectivity index is 2.66. The second kappa shape index (κ2) is 3.03. The van der Waals surface area contributed by atoms with Gasteiger partial charge in [-0.3, -0.25) is 0 Å². The third kappa shape index (κ3) is 2.38. The molecule has 6 nitrogen and oxygen atoms in total. The molecule has 0 spiro atoms. The molecule has 0 aromatic rings. The first kappa shape index (κ1) is 8.88. The zero-order valence-electron chi connectivity index (χ0n) is 5.69. The number of hydrogen-bond donors (Lipinski definition) is 4. The lowest BCUT2D eigenvalue weighted by Crippen LogP contribution is -2.35. The molecule has 1 aliphatic heterocycles. The molecule has 0 amide bonds. The van der Waals surface area contributed by atoms with Gasteiger partial charge in [0.15, 0.2) is 0 Å². The minimum Gasteiger partial charge on any atom is -0.389 e. The predicted molar refractivity (Wildman–Crippen MR) is 36.9 cm³/mol. The molecule has 1 heterocycles. The summed E-state index contributed by atoms with van der Waals surface area (Å²) >= 11 is 0. The lowest BCUT2D eigenvalue weighted by atomic mass is 10.2. The Labute approximate surface area is 64.4 Å². The maximum atomic E-state index is 10.7. The van der Waals surface area contributed by atoms with Crippen molar-refractivity contribution in [2.75, 3.05) is 13.1 Å². The topological polar surface area (TPSA) is 98.7 Å². The van der Waals surface area contributed by atoms with Crippen LogP contribution in [0.4, 0.5) is 0 Å². The molecule has 0 aliphatic carbocycles. The summed E-state index contributed by atoms with van der Waals surface area (Å²) < 4.78 is 25.5. The quantitative estimate of drug-likeness (QED) is 0.324. The fraction of sp³-hybridized carbons (Fsp3) is 1.00. The van der Waals surface area contributed by atoms with Crippen molar-refractivity contribution in [1.82, 2.24) is 9.44 Å². The molecule has 0 saturated carbocycles. The third-order valence-electron chi connectivity index (χ3n) is 1.41. The first-order valence-electron chi connectivity index (χ1n) is 3.11. The van der Waals surface area contributed by atoms with Crippen molar-refractivity contribution >= 4 is 10.2 Å². The van der Waals surface area contributed by atoms with Gasteiger partial charge in [0.25, 0.3) is 10.2 Å². The zero-order chi connectivity index (χ0) is 8.48. The summed E-state index contributed by atoms with van der Waals surface area (Å²) in [6.07, 6.45) is -2.08. The van der Waals surface area contributed by atoms with E-state index in [9.17, 15) is 8.42 Å². The van der Waals surface area contributed by atoms with Gasteiger partial charge >= 0.3 is 0 Å². The van der Waals surface area contributed by atoms with Crippen LogP contribution in [0.25, 0.3) is 0 Å². The molecule has 2 atom stereocenters. The van der Waals surface area contributed by atoms with Crippen LogP contribution in [0.1, 0.15) is 0 Å². The number of nitrogens with one attached hydrogen (secondary N) is 2. The molecular formula is C4H10N2O4S. The van der Waals surface area contributed by atoms with Gasteiger partial charge in [0.05, 0.1) is 12.2 Å². The van der Waals surface area contributed by atoms with Crippen molar-refractivity contribution in [3.8, 4) is 0 Å². The third-order valence-corrected chi connectivity index (χ3v) is 2.50. The second-order valence-electron chi connectivity index (χ2n) is 2.34. The maximum absolute atomic E-state index is 10.7. The summed E-state index contributed by atoms with van der Waals surface area (Å²) in [5, 5.41) is 17.9. The highest BCUT2D eigenvalue weighted by atomic mass is 32.2. The second-order valence-corrected chi connectivity index (χ2v) is 3.92. The van der Waals surface area contributed by atoms with Crippen LogP contribution in [0.5, 0.6) is 0 Å². The van der Waals surface area contributed by atoms with Crippen LogP contribution in [-0.4, -0.2) is 43.9 Å². The SMILES string of the molecule is O=S1(=O)NCC(O)C(O)CN1. The lowest BCUT2D eigenvalue weighted by molar-refractivity contribution is 0.0299. The average Bonchev–Trinajstić information content (AvgIpc) is 2.03. The van der Waals surface area contributed by atoms with Crippen molar-refractivity contribution in [3.05, 3.63) is 0 Å². The van der Waals surface area contributed by atoms with E-state index in [-0.39, 0.29) is 13.1 Å². The van der Waals surface area contributed by atoms with E-state index in [1.807, 2.05) is 0 Å². The molecule has 1 fully saturated rings. The van der Waals surface area contributed by atoms with E-state index < -0.39 is 22.4 Å². The molecule has 4 N–H and O–H groups in total. The predicted octanol–water partition coefficient (Wildman–Crippen LogP) is -2.85. The molecule has 66 valence electrons. The van der Waals surface area contributed by atoms with Gasteiger partial charge < -0.3 is 10.2 Å². The molecule has 0 radical (unpaired) electrons. The molecule has 1 saturated heterocycles. The highest BCUT2D eigenvalue weighted by molar-refractivity contribution is 7.87. The van der Waals surface area contributed by atoms with Gasteiger partial charge in [-0.15, -0.1) is 0 Å². The van der Waals surface area contributed by atoms with E-state index in [0.717, 1.165) is 0 Å². The van der Waals surface area contributed by atoms with E-state index in [0.29, 0.717) is 0 Å². The van der Waals surface area contributed by atoms with Crippen LogP contribution in [0.15, 0.2) is 0 Å². The largest absolute Gasteiger partial charge is 0.389 e. The van der Waals surface area contributed by atoms with Gasteiger partial charge in [-0.2, -0.15) is 17.9 Å². The summed E-state index contributed by atoms with van der Waals surface area (Å²) in [7, 11) is -3.51. The Morgan fingerprint density at radius 3 is 1.82 bits per heavy atom. The number of hydrogen-bond acceptors (Lipinski definition) is 4. The number of rotatable bonds is 0. The Hall–Kier alpha value is -0.210. The lowest BCUT2D eigenvalue weighted by Gasteiger charge is -2.10. The molecule has 0 aromatic heterocycles. The zero-order valence-corrected chi connectivity index (χ0v) is 6.50. The fourth-order valence-electron chi connectivity index (χ4n) is 0.713. The summed E-state index contributed by atoms with van der Waals surface area (Å²) in [4.78, 5) is 0. The van der Waals surface area contributed by atoms with E-state index in [4.69, 9.17) is 10.2 Å². The number of β-amino-alcohol motifs (C(OH)–C–C–N with tert-alkyl or cyclic N) is 2. The van der Waals surface area contributed by atoms with Crippen molar-refractivity contribution in [2.45, 2.75) is 12.2 Å². The van der Waals surface area contributed by atoms with Gasteiger partial charge in [0.2, 0.25) is 0 Å². The molecule has 7 heteroatoms. The van der Waals surface area contributed by atoms with Gasteiger partial charge in [0.1, 0.15) is 0 Å². The first-order chi connectivity index (χ1) is 5.01. The van der Waals surface area contributed by atoms with Crippen LogP contribution in [0, 0.1) is 0 Å². The molecular weight excluding hydrogens is 172 g/mol. The Bertz CT molecular complexity index is 208.